The van der Waals surface area contributed by atoms with E-state index in [1.807, 2.05) is 80.9 Å². The van der Waals surface area contributed by atoms with Crippen LogP contribution in [0.15, 0.2) is 133 Å². The molecule has 3 unspecified atom stereocenters. The van der Waals surface area contributed by atoms with E-state index in [1.54, 1.807) is 12.1 Å². The molecular weight excluding hydrogens is 2060 g/mol. The van der Waals surface area contributed by atoms with Crippen molar-refractivity contribution in [1.29, 1.82) is 0 Å². The molecule has 0 spiro atoms. The molecule has 3 atom stereocenters. The van der Waals surface area contributed by atoms with Gasteiger partial charge in [0.15, 0.2) is 19.9 Å². The maximum atomic E-state index is 15.0. The molecule has 0 saturated heterocycles. The van der Waals surface area contributed by atoms with Crippen molar-refractivity contribution in [2.45, 2.75) is 325 Å². The Labute approximate surface area is 897 Å². The molecule has 0 bridgehead atoms. The summed E-state index contributed by atoms with van der Waals surface area (Å²) >= 11 is 0. The quantitative estimate of drug-likeness (QED) is 0.00901. The number of para-hydroxylation sites is 2. The average Bonchev–Trinajstić information content (AvgIpc) is 1.58. The summed E-state index contributed by atoms with van der Waals surface area (Å²) in [5, 5.41) is 16.3. The Balaban J connectivity index is 0.000000389. The molecule has 8 rings (SSSR count). The first-order chi connectivity index (χ1) is 70.1. The number of hydrogen-bond donors (Lipinski definition) is 5. The molecule has 4 aliphatic heterocycles. The molecule has 0 amide bonds. The van der Waals surface area contributed by atoms with Crippen LogP contribution in [0.2, 0.25) is 0 Å². The SMILES string of the molecule is CNCCCCOP(=O)(OCCCCCCO)c1ccc2c(c1)C(C)(C)C(=CC=CC1=[N+](CCCCS(=O)(=O)O)c3ccccc3C1(C)C)N2CCCCS(=O)(=O)[O-].[C-]#[N+]CCOP(N(C(C)C)C(C)C)N(C(C)C)C(C)C.[C-]#[N+]CCOP(OCCCCCCOP(=O)(OCCCCNC)c1ccc2c(c1)C(C)(C)C(=CC=CC1=[N+](CCCCS(=O)(=O)O)c3ccccc3C1(C)C)N2CCCCS(=O)(=O)[O-])N(C(C)C)C(C)C. The van der Waals surface area contributed by atoms with Crippen molar-refractivity contribution < 1.29 is 107 Å². The second-order valence-corrected chi connectivity index (χ2v) is 55.4. The Morgan fingerprint density at radius 1 is 0.423 bits per heavy atom. The monoisotopic (exact) mass is 2230 g/mol. The smallest absolute Gasteiger partial charge is 0.361 e. The standard InChI is InChI=1S/C51H81N5O11P2S2.C42H64N3O10PS2.C15H32N3OP/c1-41(2)56(42(3)4)68(65-37-31-53-10)64-34-18-11-12-19-35-66-69(57,67-36-20-15-30-52-9)43-28-29-47-45(40-43)51(7,8)49(55(47)33-17-22-39-71(61,62)63)27-23-26-48-50(5,6)44-24-13-14-25-46(44)54(48)32-16-21-38-70(58,59)60;1-41(2)35-19-8-9-20-37(35)44(26-11-16-31-57(48,49)50)39(41)21-18-22-40-42(3,4)36-33-34(23-24-38(36)45(40)27-12-17-32-58(51,52)53)56(47,55-30-15-10-25-43-5)54-29-14-7-6-13-28-46;1-12(2)17(13(3)4)20(19-11-10-16-9)18(14(5)6)15(7)8/h13-14,23-29,40-42,52H,11-12,15-22,30-39H2,1-9H3,(H-,58,59,60,61,62,63);8-9,18-24,33,43,46H,6-7,10-17,25-32H2,1-5H3,(H-,48,49,50,51,52,53);12-15H,10-11H2,1-8H3. The lowest BCUT2D eigenvalue weighted by molar-refractivity contribution is -0.438. The number of anilines is 2. The molecule has 4 heterocycles. The third kappa shape index (κ3) is 41.0. The summed E-state index contributed by atoms with van der Waals surface area (Å²) in [6.45, 7) is 64.1. The van der Waals surface area contributed by atoms with Crippen LogP contribution in [0, 0.1) is 13.1 Å². The van der Waals surface area contributed by atoms with E-state index in [-0.39, 0.29) is 86.8 Å². The first kappa shape index (κ1) is 132. The fourth-order valence-corrected chi connectivity index (χ4v) is 29.0. The molecule has 4 aliphatic rings. The summed E-state index contributed by atoms with van der Waals surface area (Å²) in [6, 6.07) is 29.7. The van der Waals surface area contributed by atoms with Gasteiger partial charge in [0.25, 0.3) is 28.8 Å². The molecule has 5 N–H and O–H groups in total. The zero-order chi connectivity index (χ0) is 111. The van der Waals surface area contributed by atoms with Crippen LogP contribution in [-0.2, 0) is 103 Å². The van der Waals surface area contributed by atoms with Gasteiger partial charge in [0.2, 0.25) is 24.5 Å². The highest BCUT2D eigenvalue weighted by atomic mass is 32.2. The molecule has 41 heteroatoms. The minimum atomic E-state index is -4.39. The number of rotatable bonds is 69. The van der Waals surface area contributed by atoms with Gasteiger partial charge < -0.3 is 76.0 Å². The van der Waals surface area contributed by atoms with E-state index in [1.165, 1.54) is 0 Å². The average molecular weight is 2230 g/mol. The highest BCUT2D eigenvalue weighted by molar-refractivity contribution is 7.86. The van der Waals surface area contributed by atoms with E-state index in [4.69, 9.17) is 49.9 Å². The number of benzene rings is 4. The second-order valence-electron chi connectivity index (χ2n) is 42.0. The molecule has 840 valence electrons. The molecule has 4 aromatic carbocycles. The molecule has 0 aromatic heterocycles. The summed E-state index contributed by atoms with van der Waals surface area (Å²) in [4.78, 5) is 11.1. The maximum Gasteiger partial charge on any atom is 0.361 e. The molecule has 149 heavy (non-hydrogen) atoms. The molecule has 0 saturated carbocycles. The van der Waals surface area contributed by atoms with E-state index in [0.29, 0.717) is 158 Å². The number of nitrogens with one attached hydrogen (secondary N) is 2. The number of allylic oxidation sites excluding steroid dienone is 8. The maximum absolute atomic E-state index is 15.0. The molecule has 0 fully saturated rings. The van der Waals surface area contributed by atoms with Crippen LogP contribution in [-0.4, -0.2) is 270 Å². The third-order valence-electron chi connectivity index (χ3n) is 26.7. The van der Waals surface area contributed by atoms with E-state index in [9.17, 15) is 61.0 Å². The minimum absolute atomic E-state index is 0.132. The van der Waals surface area contributed by atoms with Crippen LogP contribution in [0.4, 0.5) is 22.7 Å². The van der Waals surface area contributed by atoms with Crippen molar-refractivity contribution >= 4 is 117 Å². The van der Waals surface area contributed by atoms with Crippen molar-refractivity contribution in [3.05, 3.63) is 178 Å². The largest absolute Gasteiger partial charge is 0.748 e. The van der Waals surface area contributed by atoms with E-state index < -0.39 is 95.0 Å². The van der Waals surface area contributed by atoms with Gasteiger partial charge in [-0.15, -0.1) is 0 Å². The summed E-state index contributed by atoms with van der Waals surface area (Å²) in [7, 11) is -22.8. The van der Waals surface area contributed by atoms with Gasteiger partial charge in [-0.3, -0.25) is 18.2 Å². The lowest BCUT2D eigenvalue weighted by Gasteiger charge is -2.45. The fraction of sp³-hybridized carbons (Fsp3) is 0.667. The van der Waals surface area contributed by atoms with Gasteiger partial charge in [0.05, 0.1) is 86.2 Å². The zero-order valence-electron chi connectivity index (χ0n) is 92.8. The van der Waals surface area contributed by atoms with Gasteiger partial charge in [-0.25, -0.2) is 44.0 Å². The van der Waals surface area contributed by atoms with Crippen molar-refractivity contribution in [1.82, 2.24) is 24.6 Å². The van der Waals surface area contributed by atoms with Crippen molar-refractivity contribution in [2.75, 3.05) is 152 Å². The van der Waals surface area contributed by atoms with E-state index in [0.717, 1.165) is 126 Å². The van der Waals surface area contributed by atoms with Crippen LogP contribution >= 0.6 is 32.2 Å². The lowest BCUT2D eigenvalue weighted by atomic mass is 9.81. The van der Waals surface area contributed by atoms with Crippen LogP contribution in [0.3, 0.4) is 0 Å². The summed E-state index contributed by atoms with van der Waals surface area (Å²) in [5.74, 6) is -1.51. The van der Waals surface area contributed by atoms with Crippen LogP contribution in [0.5, 0.6) is 0 Å². The Bertz CT molecular complexity index is 5700. The van der Waals surface area contributed by atoms with Gasteiger partial charge in [0, 0.05) is 149 Å². The Morgan fingerprint density at radius 3 is 1.10 bits per heavy atom. The van der Waals surface area contributed by atoms with Gasteiger partial charge in [-0.2, -0.15) is 26.0 Å². The predicted octanol–water partition coefficient (Wildman–Crippen LogP) is 21.1. The zero-order valence-corrected chi connectivity index (χ0v) is 99.7. The Morgan fingerprint density at radius 2 is 0.758 bits per heavy atom. The van der Waals surface area contributed by atoms with Crippen molar-refractivity contribution in [2.24, 2.45) is 0 Å². The second kappa shape index (κ2) is 63.0. The summed E-state index contributed by atoms with van der Waals surface area (Å²) < 4.78 is 218. The number of unbranched alkanes of at least 4 members (excludes halogenated alkanes) is 12. The minimum Gasteiger partial charge on any atom is -0.748 e. The number of nitrogens with zero attached hydrogens (tertiary/aromatic N) is 9. The topological polar surface area (TPSA) is 397 Å². The first-order valence-electron chi connectivity index (χ1n) is 53.2. The summed E-state index contributed by atoms with van der Waals surface area (Å²) in [5.41, 5.74) is 9.88. The molecule has 0 radical (unpaired) electrons. The number of aliphatic hydroxyl groups is 1. The Hall–Kier alpha value is -5.80. The highest BCUT2D eigenvalue weighted by Crippen LogP contribution is 2.57. The highest BCUT2D eigenvalue weighted by Gasteiger charge is 2.49. The Kier molecular flexibility index (Phi) is 55.7. The van der Waals surface area contributed by atoms with Crippen LogP contribution < -0.4 is 31.0 Å². The molecular formula is C108H177N11O22P4S4. The van der Waals surface area contributed by atoms with Crippen LogP contribution in [0.25, 0.3) is 9.69 Å². The lowest BCUT2D eigenvalue weighted by Crippen LogP contribution is -2.43. The third-order valence-corrected chi connectivity index (χ3v) is 38.9. The number of fused-ring (bicyclic) bond motifs is 4. The van der Waals surface area contributed by atoms with E-state index in [2.05, 4.69) is 234 Å². The normalized spacial score (nSPS) is 17.0. The molecule has 0 aliphatic carbocycles. The molecule has 4 aromatic rings. The van der Waals surface area contributed by atoms with Gasteiger partial charge in [-0.1, -0.05) is 102 Å². The summed E-state index contributed by atoms with van der Waals surface area (Å²) in [6.07, 6.45) is 24.6. The van der Waals surface area contributed by atoms with Gasteiger partial charge >= 0.3 is 15.2 Å². The van der Waals surface area contributed by atoms with Crippen LogP contribution in [0.1, 0.15) is 289 Å². The van der Waals surface area contributed by atoms with Gasteiger partial charge in [0.1, 0.15) is 26.3 Å². The van der Waals surface area contributed by atoms with Gasteiger partial charge in [-0.05, 0) is 288 Å². The predicted molar refractivity (Wildman–Crippen MR) is 605 cm³/mol. The fourth-order valence-electron chi connectivity index (χ4n) is 19.5. The first-order valence-corrected chi connectivity index (χ1v) is 64.9. The van der Waals surface area contributed by atoms with E-state index >= 15 is 0 Å². The van der Waals surface area contributed by atoms with Crippen molar-refractivity contribution in [3.63, 3.8) is 0 Å². The number of hydrogen-bond acceptors (Lipinski definition) is 27. The number of aliphatic hydroxyl groups excluding tert-OH is 1. The van der Waals surface area contributed by atoms with Crippen molar-refractivity contribution in [3.8, 4) is 0 Å². The molecule has 33 nitrogen and oxygen atoms in total.